The number of carbonyl (C=O) groups is 3. The van der Waals surface area contributed by atoms with Crippen LogP contribution in [0.1, 0.15) is 45.2 Å². The molecule has 0 amide bonds. The summed E-state index contributed by atoms with van der Waals surface area (Å²) in [6, 6.07) is 4.91. The number of H-pyrrole nitrogens is 2. The number of carbonyl (C=O) groups excluding carboxylic acids is 3. The van der Waals surface area contributed by atoms with Crippen LogP contribution in [0.5, 0.6) is 0 Å². The van der Waals surface area contributed by atoms with Crippen LogP contribution in [-0.4, -0.2) is 31.1 Å². The number of hydrogen-bond donors (Lipinski definition) is 2. The summed E-state index contributed by atoms with van der Waals surface area (Å²) in [7, 11) is 0. The van der Waals surface area contributed by atoms with Gasteiger partial charge in [-0.05, 0) is 18.2 Å². The third-order valence-corrected chi connectivity index (χ3v) is 3.07. The number of rotatable bonds is 3. The minimum atomic E-state index is -1.99. The van der Waals surface area contributed by atoms with E-state index in [0.29, 0.717) is 11.4 Å². The number of Topliss-reactive ketones (excluding diaryl/α,β-unsaturated/α-hetero) is 3. The molecule has 8 heteroatoms. The van der Waals surface area contributed by atoms with Gasteiger partial charge in [0.1, 0.15) is 0 Å². The summed E-state index contributed by atoms with van der Waals surface area (Å²) >= 11 is 16.2. The highest BCUT2D eigenvalue weighted by atomic mass is 35.6. The molecular weight excluding hydrogens is 351 g/mol. The molecule has 118 valence electrons. The van der Waals surface area contributed by atoms with Crippen LogP contribution >= 0.6 is 34.8 Å². The van der Waals surface area contributed by atoms with Gasteiger partial charge in [0, 0.05) is 31.8 Å². The topological polar surface area (TPSA) is 82.8 Å². The first-order valence-corrected chi connectivity index (χ1v) is 7.21. The number of aromatic amines is 2. The fourth-order valence-corrected chi connectivity index (χ4v) is 1.77. The highest BCUT2D eigenvalue weighted by Gasteiger charge is 2.32. The molecule has 22 heavy (non-hydrogen) atoms. The van der Waals surface area contributed by atoms with Crippen LogP contribution in [0.3, 0.4) is 0 Å². The molecule has 0 aromatic carbocycles. The molecule has 0 aliphatic heterocycles. The van der Waals surface area contributed by atoms with Crippen molar-refractivity contribution in [2.45, 2.75) is 17.6 Å². The first kappa shape index (κ1) is 18.5. The monoisotopic (exact) mass is 362 g/mol. The number of alkyl halides is 3. The Labute approximate surface area is 141 Å². The Morgan fingerprint density at radius 3 is 1.91 bits per heavy atom. The van der Waals surface area contributed by atoms with Gasteiger partial charge in [-0.15, -0.1) is 0 Å². The highest BCUT2D eigenvalue weighted by Crippen LogP contribution is 2.30. The maximum Gasteiger partial charge on any atom is 0.253 e. The van der Waals surface area contributed by atoms with E-state index in [0.717, 1.165) is 0 Å². The first-order chi connectivity index (χ1) is 10.1. The summed E-state index contributed by atoms with van der Waals surface area (Å²) in [5.74, 6) is -0.769. The third kappa shape index (κ3) is 5.33. The van der Waals surface area contributed by atoms with Crippen LogP contribution in [0.25, 0.3) is 0 Å². The van der Waals surface area contributed by atoms with E-state index in [4.69, 9.17) is 34.8 Å². The summed E-state index contributed by atoms with van der Waals surface area (Å²) in [6.07, 6.45) is 3.07. The van der Waals surface area contributed by atoms with Crippen LogP contribution in [0.15, 0.2) is 30.6 Å². The molecule has 0 bridgehead atoms. The average molecular weight is 364 g/mol. The van der Waals surface area contributed by atoms with E-state index in [9.17, 15) is 14.4 Å². The van der Waals surface area contributed by atoms with Crippen molar-refractivity contribution in [3.05, 3.63) is 47.5 Å². The highest BCUT2D eigenvalue weighted by molar-refractivity contribution is 6.77. The minimum absolute atomic E-state index is 0.0787. The third-order valence-electron chi connectivity index (χ3n) is 2.56. The SMILES string of the molecule is CC(=O)c1cc(C(=O)C(Cl)(Cl)Cl)c[nH]1.CC(=O)c1ccc[nH]1. The summed E-state index contributed by atoms with van der Waals surface area (Å²) < 4.78 is -1.99. The quantitative estimate of drug-likeness (QED) is 0.639. The van der Waals surface area contributed by atoms with Gasteiger partial charge in [0.05, 0.1) is 11.4 Å². The molecule has 2 rings (SSSR count). The molecule has 2 heterocycles. The molecule has 2 aromatic heterocycles. The van der Waals surface area contributed by atoms with Crippen LogP contribution in [0.4, 0.5) is 0 Å². The molecule has 5 nitrogen and oxygen atoms in total. The molecule has 0 saturated heterocycles. The Hall–Kier alpha value is -1.56. The Bertz CT molecular complexity index is 670. The van der Waals surface area contributed by atoms with Crippen molar-refractivity contribution in [1.29, 1.82) is 0 Å². The molecular formula is C14H13Cl3N2O3. The number of nitrogens with one attached hydrogen (secondary N) is 2. The number of hydrogen-bond acceptors (Lipinski definition) is 3. The van der Waals surface area contributed by atoms with E-state index in [1.165, 1.54) is 26.1 Å². The van der Waals surface area contributed by atoms with E-state index in [1.807, 2.05) is 0 Å². The van der Waals surface area contributed by atoms with Gasteiger partial charge in [-0.1, -0.05) is 34.8 Å². The molecule has 0 saturated carbocycles. The molecule has 0 spiro atoms. The molecule has 0 unspecified atom stereocenters. The van der Waals surface area contributed by atoms with E-state index in [1.54, 1.807) is 18.3 Å². The van der Waals surface area contributed by atoms with Crippen molar-refractivity contribution in [3.63, 3.8) is 0 Å². The van der Waals surface area contributed by atoms with Crippen LogP contribution < -0.4 is 0 Å². The van der Waals surface area contributed by atoms with Crippen molar-refractivity contribution < 1.29 is 14.4 Å². The van der Waals surface area contributed by atoms with Gasteiger partial charge in [0.2, 0.25) is 5.78 Å². The zero-order valence-electron chi connectivity index (χ0n) is 11.7. The zero-order valence-corrected chi connectivity index (χ0v) is 14.0. The second kappa shape index (κ2) is 7.63. The summed E-state index contributed by atoms with van der Waals surface area (Å²) in [6.45, 7) is 2.90. The minimum Gasteiger partial charge on any atom is -0.359 e. The maximum atomic E-state index is 11.4. The lowest BCUT2D eigenvalue weighted by molar-refractivity contribution is 0.0992. The molecule has 2 aromatic rings. The van der Waals surface area contributed by atoms with Crippen molar-refractivity contribution in [2.75, 3.05) is 0 Å². The van der Waals surface area contributed by atoms with Crippen molar-refractivity contribution >= 4 is 52.2 Å². The lowest BCUT2D eigenvalue weighted by Crippen LogP contribution is -2.18. The Kier molecular flexibility index (Phi) is 6.41. The zero-order chi connectivity index (χ0) is 16.9. The van der Waals surface area contributed by atoms with Gasteiger partial charge in [-0.3, -0.25) is 14.4 Å². The Morgan fingerprint density at radius 2 is 1.59 bits per heavy atom. The normalized spacial score (nSPS) is 10.6. The van der Waals surface area contributed by atoms with Crippen LogP contribution in [0, 0.1) is 0 Å². The lowest BCUT2D eigenvalue weighted by atomic mass is 10.2. The van der Waals surface area contributed by atoms with Gasteiger partial charge < -0.3 is 9.97 Å². The van der Waals surface area contributed by atoms with Gasteiger partial charge in [0.25, 0.3) is 3.79 Å². The van der Waals surface area contributed by atoms with E-state index < -0.39 is 9.58 Å². The van der Waals surface area contributed by atoms with Gasteiger partial charge in [-0.25, -0.2) is 0 Å². The lowest BCUT2D eigenvalue weighted by Gasteiger charge is -2.06. The van der Waals surface area contributed by atoms with Gasteiger partial charge in [0.15, 0.2) is 11.6 Å². The largest absolute Gasteiger partial charge is 0.359 e. The van der Waals surface area contributed by atoms with Crippen molar-refractivity contribution in [1.82, 2.24) is 9.97 Å². The maximum absolute atomic E-state index is 11.4. The number of halogens is 3. The smallest absolute Gasteiger partial charge is 0.253 e. The fraction of sp³-hybridized carbons (Fsp3) is 0.214. The predicted octanol–water partition coefficient (Wildman–Crippen LogP) is 3.99. The second-order valence-electron chi connectivity index (χ2n) is 4.33. The van der Waals surface area contributed by atoms with E-state index in [-0.39, 0.29) is 17.1 Å². The first-order valence-electron chi connectivity index (χ1n) is 6.08. The standard InChI is InChI=1S/C8H6Cl3NO2.C6H7NO/c1-4(13)6-2-5(3-12-6)7(14)8(9,10)11;1-5(8)6-3-2-4-7-6/h2-3,12H,1H3;2-4,7H,1H3. The molecule has 2 N–H and O–H groups in total. The van der Waals surface area contributed by atoms with Crippen LogP contribution in [0.2, 0.25) is 0 Å². The van der Waals surface area contributed by atoms with Crippen LogP contribution in [-0.2, 0) is 0 Å². The summed E-state index contributed by atoms with van der Waals surface area (Å²) in [5.41, 5.74) is 1.16. The van der Waals surface area contributed by atoms with Gasteiger partial charge in [-0.2, -0.15) is 0 Å². The summed E-state index contributed by atoms with van der Waals surface area (Å²) in [4.78, 5) is 38.1. The molecule has 0 atom stereocenters. The molecule has 0 aliphatic carbocycles. The van der Waals surface area contributed by atoms with Gasteiger partial charge >= 0.3 is 0 Å². The number of ketones is 3. The number of aromatic nitrogens is 2. The Balaban J connectivity index is 0.000000255. The fourth-order valence-electron chi connectivity index (χ4n) is 1.44. The average Bonchev–Trinajstić information content (AvgIpc) is 3.09. The van der Waals surface area contributed by atoms with E-state index >= 15 is 0 Å². The van der Waals surface area contributed by atoms with E-state index in [2.05, 4.69) is 9.97 Å². The molecule has 0 aliphatic rings. The molecule has 0 radical (unpaired) electrons. The molecule has 0 fully saturated rings. The second-order valence-corrected chi connectivity index (χ2v) is 6.61. The Morgan fingerprint density at radius 1 is 1.00 bits per heavy atom. The summed E-state index contributed by atoms with van der Waals surface area (Å²) in [5, 5.41) is 0. The van der Waals surface area contributed by atoms with Crippen molar-refractivity contribution in [2.24, 2.45) is 0 Å². The predicted molar refractivity (Wildman–Crippen MR) is 86.2 cm³/mol. The van der Waals surface area contributed by atoms with Crippen molar-refractivity contribution in [3.8, 4) is 0 Å².